The fourth-order valence-electron chi connectivity index (χ4n) is 3.33. The van der Waals surface area contributed by atoms with Crippen molar-refractivity contribution < 1.29 is 9.47 Å². The van der Waals surface area contributed by atoms with Gasteiger partial charge in [-0.15, -0.1) is 0 Å². The van der Waals surface area contributed by atoms with E-state index in [0.717, 1.165) is 38.5 Å². The minimum atomic E-state index is -0.247. The van der Waals surface area contributed by atoms with Gasteiger partial charge < -0.3 is 19.7 Å². The van der Waals surface area contributed by atoms with Crippen LogP contribution in [-0.2, 0) is 9.47 Å². The lowest BCUT2D eigenvalue weighted by Crippen LogP contribution is -2.52. The summed E-state index contributed by atoms with van der Waals surface area (Å²) in [5.41, 5.74) is 0.989. The fourth-order valence-corrected chi connectivity index (χ4v) is 3.64. The minimum absolute atomic E-state index is 0.158. The molecule has 3 aliphatic heterocycles. The first-order valence-electron chi connectivity index (χ1n) is 7.42. The summed E-state index contributed by atoms with van der Waals surface area (Å²) in [6.07, 6.45) is 0.830. The van der Waals surface area contributed by atoms with Gasteiger partial charge in [-0.1, -0.05) is 12.2 Å². The lowest BCUT2D eigenvalue weighted by molar-refractivity contribution is -0.0517. The monoisotopic (exact) mass is 307 g/mol. The molecule has 0 radical (unpaired) electrons. The summed E-state index contributed by atoms with van der Waals surface area (Å²) < 4.78 is 11.4. The highest BCUT2D eigenvalue weighted by Crippen LogP contribution is 2.41. The third kappa shape index (κ3) is 2.78. The van der Waals surface area contributed by atoms with Crippen LogP contribution in [0.15, 0.2) is 11.4 Å². The number of rotatable bonds is 1. The van der Waals surface area contributed by atoms with Crippen molar-refractivity contribution in [1.82, 2.24) is 10.2 Å². The van der Waals surface area contributed by atoms with Crippen molar-refractivity contribution in [1.29, 1.82) is 5.26 Å². The predicted octanol–water partition coefficient (Wildman–Crippen LogP) is 1.42. The van der Waals surface area contributed by atoms with Crippen molar-refractivity contribution in [3.63, 3.8) is 0 Å². The second-order valence-corrected chi connectivity index (χ2v) is 6.87. The van der Waals surface area contributed by atoms with Crippen molar-refractivity contribution in [2.24, 2.45) is 11.8 Å². The maximum atomic E-state index is 9.49. The summed E-state index contributed by atoms with van der Waals surface area (Å²) in [6, 6.07) is 2.38. The zero-order chi connectivity index (χ0) is 15.0. The SMILES string of the molecule is CC1(C)CC2C(=C(N3CCOCC3)NC(=S)C2C#N)CO1. The van der Waals surface area contributed by atoms with Gasteiger partial charge in [0.15, 0.2) is 0 Å². The van der Waals surface area contributed by atoms with Gasteiger partial charge in [0, 0.05) is 24.6 Å². The number of fused-ring (bicyclic) bond motifs is 1. The van der Waals surface area contributed by atoms with E-state index in [9.17, 15) is 5.26 Å². The van der Waals surface area contributed by atoms with Gasteiger partial charge in [0.2, 0.25) is 0 Å². The molecule has 0 amide bonds. The molecule has 3 rings (SSSR count). The van der Waals surface area contributed by atoms with Crippen molar-refractivity contribution in [2.45, 2.75) is 25.9 Å². The second-order valence-electron chi connectivity index (χ2n) is 6.43. The van der Waals surface area contributed by atoms with E-state index >= 15 is 0 Å². The molecule has 0 spiro atoms. The Kier molecular flexibility index (Phi) is 3.91. The summed E-state index contributed by atoms with van der Waals surface area (Å²) in [6.45, 7) is 7.88. The molecule has 2 atom stereocenters. The number of morpholine rings is 1. The Balaban J connectivity index is 1.96. The molecule has 0 aromatic rings. The average molecular weight is 307 g/mol. The molecule has 3 aliphatic rings. The predicted molar refractivity (Wildman–Crippen MR) is 82.4 cm³/mol. The highest BCUT2D eigenvalue weighted by molar-refractivity contribution is 7.80. The Morgan fingerprint density at radius 3 is 2.76 bits per heavy atom. The van der Waals surface area contributed by atoms with E-state index in [1.54, 1.807) is 0 Å². The van der Waals surface area contributed by atoms with Crippen LogP contribution in [0.25, 0.3) is 0 Å². The molecule has 2 unspecified atom stereocenters. The summed E-state index contributed by atoms with van der Waals surface area (Å²) in [7, 11) is 0. The number of thiocarbonyl (C=S) groups is 1. The molecule has 0 aromatic heterocycles. The van der Waals surface area contributed by atoms with E-state index < -0.39 is 0 Å². The zero-order valence-electron chi connectivity index (χ0n) is 12.5. The normalized spacial score (nSPS) is 32.2. The van der Waals surface area contributed by atoms with Gasteiger partial charge >= 0.3 is 0 Å². The Labute approximate surface area is 130 Å². The Hall–Kier alpha value is -1.16. The van der Waals surface area contributed by atoms with Crippen molar-refractivity contribution >= 4 is 17.2 Å². The number of hydrogen-bond donors (Lipinski definition) is 1. The minimum Gasteiger partial charge on any atom is -0.378 e. The van der Waals surface area contributed by atoms with E-state index in [0.29, 0.717) is 11.6 Å². The fraction of sp³-hybridized carbons (Fsp3) is 0.733. The number of hydrogen-bond acceptors (Lipinski definition) is 5. The first kappa shape index (κ1) is 14.8. The van der Waals surface area contributed by atoms with Crippen LogP contribution in [0, 0.1) is 23.2 Å². The van der Waals surface area contributed by atoms with Gasteiger partial charge in [0.25, 0.3) is 0 Å². The highest BCUT2D eigenvalue weighted by atomic mass is 32.1. The topological polar surface area (TPSA) is 57.5 Å². The molecule has 21 heavy (non-hydrogen) atoms. The smallest absolute Gasteiger partial charge is 0.108 e. The largest absolute Gasteiger partial charge is 0.378 e. The number of nitriles is 1. The quantitative estimate of drug-likeness (QED) is 0.739. The summed E-state index contributed by atoms with van der Waals surface area (Å²) >= 11 is 5.45. The van der Waals surface area contributed by atoms with Crippen LogP contribution in [0.1, 0.15) is 20.3 Å². The maximum Gasteiger partial charge on any atom is 0.108 e. The molecular formula is C15H21N3O2S. The second kappa shape index (κ2) is 5.56. The van der Waals surface area contributed by atoms with Gasteiger partial charge in [-0.05, 0) is 20.3 Å². The molecule has 1 N–H and O–H groups in total. The van der Waals surface area contributed by atoms with Gasteiger partial charge in [-0.2, -0.15) is 5.26 Å². The van der Waals surface area contributed by atoms with Crippen LogP contribution in [0.2, 0.25) is 0 Å². The molecule has 0 aromatic carbocycles. The lowest BCUT2D eigenvalue weighted by atomic mass is 9.75. The number of nitrogens with zero attached hydrogens (tertiary/aromatic N) is 2. The third-order valence-corrected chi connectivity index (χ3v) is 4.83. The summed E-state index contributed by atoms with van der Waals surface area (Å²) in [5.74, 6) is 0.962. The Bertz CT molecular complexity index is 518. The maximum absolute atomic E-state index is 9.49. The standard InChI is InChI=1S/C15H21N3O2S/c1-15(2)7-10-11(8-16)14(21)17-13(12(10)9-20-15)18-3-5-19-6-4-18/h10-11H,3-7,9H2,1-2H3,(H,17,21). The van der Waals surface area contributed by atoms with E-state index in [1.165, 1.54) is 5.57 Å². The molecular weight excluding hydrogens is 286 g/mol. The zero-order valence-corrected chi connectivity index (χ0v) is 13.3. The van der Waals surface area contributed by atoms with E-state index in [4.69, 9.17) is 21.7 Å². The van der Waals surface area contributed by atoms with Crippen LogP contribution in [0.4, 0.5) is 0 Å². The van der Waals surface area contributed by atoms with Crippen molar-refractivity contribution in [3.05, 3.63) is 11.4 Å². The van der Waals surface area contributed by atoms with E-state index in [1.807, 2.05) is 0 Å². The Morgan fingerprint density at radius 1 is 1.38 bits per heavy atom. The van der Waals surface area contributed by atoms with Crippen molar-refractivity contribution in [2.75, 3.05) is 32.9 Å². The van der Waals surface area contributed by atoms with Crippen LogP contribution >= 0.6 is 12.2 Å². The first-order valence-corrected chi connectivity index (χ1v) is 7.83. The van der Waals surface area contributed by atoms with E-state index in [-0.39, 0.29) is 17.4 Å². The summed E-state index contributed by atoms with van der Waals surface area (Å²) in [4.78, 5) is 2.92. The molecule has 0 aliphatic carbocycles. The molecule has 0 bridgehead atoms. The molecule has 114 valence electrons. The van der Waals surface area contributed by atoms with Gasteiger partial charge in [-0.25, -0.2) is 0 Å². The Morgan fingerprint density at radius 2 is 2.10 bits per heavy atom. The molecule has 5 nitrogen and oxygen atoms in total. The van der Waals surface area contributed by atoms with Gasteiger partial charge in [-0.3, -0.25) is 0 Å². The molecule has 6 heteroatoms. The lowest BCUT2D eigenvalue weighted by Gasteiger charge is -2.45. The molecule has 2 saturated heterocycles. The van der Waals surface area contributed by atoms with Gasteiger partial charge in [0.1, 0.15) is 11.7 Å². The molecule has 3 heterocycles. The summed E-state index contributed by atoms with van der Waals surface area (Å²) in [5, 5.41) is 12.8. The average Bonchev–Trinajstić information content (AvgIpc) is 2.46. The van der Waals surface area contributed by atoms with Crippen LogP contribution < -0.4 is 5.32 Å². The van der Waals surface area contributed by atoms with E-state index in [2.05, 4.69) is 30.1 Å². The number of nitrogens with one attached hydrogen (secondary N) is 1. The first-order chi connectivity index (χ1) is 10.0. The highest BCUT2D eigenvalue weighted by Gasteiger charge is 2.43. The van der Waals surface area contributed by atoms with Crippen LogP contribution in [-0.4, -0.2) is 48.4 Å². The number of ether oxygens (including phenoxy) is 2. The molecule has 0 saturated carbocycles. The van der Waals surface area contributed by atoms with Gasteiger partial charge in [0.05, 0.1) is 36.5 Å². The molecule has 2 fully saturated rings. The van der Waals surface area contributed by atoms with Crippen LogP contribution in [0.5, 0.6) is 0 Å². The van der Waals surface area contributed by atoms with Crippen molar-refractivity contribution in [3.8, 4) is 6.07 Å². The van der Waals surface area contributed by atoms with Crippen LogP contribution in [0.3, 0.4) is 0 Å². The third-order valence-electron chi connectivity index (χ3n) is 4.47.